The molecule has 5 rings (SSSR count). The summed E-state index contributed by atoms with van der Waals surface area (Å²) in [6, 6.07) is 11.9. The highest BCUT2D eigenvalue weighted by atomic mass is 16.3. The van der Waals surface area contributed by atoms with Gasteiger partial charge in [0.2, 0.25) is 5.91 Å². The molecular formula is C22H24N4O2. The molecule has 2 aliphatic rings. The zero-order valence-corrected chi connectivity index (χ0v) is 15.7. The molecule has 6 heteroatoms. The molecule has 3 aromatic rings. The minimum Gasteiger partial charge on any atom is -0.391 e. The topological polar surface area (TPSA) is 71.2 Å². The zero-order chi connectivity index (χ0) is 19.1. The lowest BCUT2D eigenvalue weighted by molar-refractivity contribution is -0.129. The van der Waals surface area contributed by atoms with Gasteiger partial charge in [-0.15, -0.1) is 0 Å². The van der Waals surface area contributed by atoms with Gasteiger partial charge in [0.15, 0.2) is 0 Å². The molecule has 0 bridgehead atoms. The molecule has 4 atom stereocenters. The number of amides is 1. The molecule has 0 spiro atoms. The van der Waals surface area contributed by atoms with Crippen molar-refractivity contribution < 1.29 is 9.90 Å². The number of para-hydroxylation sites is 2. The standard InChI is InChI=1S/C22H24N4O2/c27-21-10-17-13-25(22(28)8-15-4-3-7-23-11-15)12-16(17)9-20(21)26-14-24-18-5-1-2-6-19(18)26/h1-7,11,14,16-17,20-21,27H,8-10,12-13H2/t16-,17+,20-,21-/m1/s1. The maximum atomic E-state index is 12.7. The molecule has 1 aliphatic carbocycles. The van der Waals surface area contributed by atoms with Crippen molar-refractivity contribution in [1.29, 1.82) is 0 Å². The summed E-state index contributed by atoms with van der Waals surface area (Å²) in [6.45, 7) is 1.53. The number of carbonyl (C=O) groups is 1. The lowest BCUT2D eigenvalue weighted by Crippen LogP contribution is -2.36. The van der Waals surface area contributed by atoms with Crippen LogP contribution in [-0.2, 0) is 11.2 Å². The van der Waals surface area contributed by atoms with Crippen LogP contribution in [0.1, 0.15) is 24.4 Å². The van der Waals surface area contributed by atoms with Crippen molar-refractivity contribution in [2.45, 2.75) is 31.4 Å². The van der Waals surface area contributed by atoms with Crippen LogP contribution in [0, 0.1) is 11.8 Å². The molecule has 1 aromatic carbocycles. The summed E-state index contributed by atoms with van der Waals surface area (Å²) in [5.41, 5.74) is 2.97. The van der Waals surface area contributed by atoms with Crippen LogP contribution in [0.5, 0.6) is 0 Å². The van der Waals surface area contributed by atoms with Crippen LogP contribution in [0.15, 0.2) is 55.1 Å². The largest absolute Gasteiger partial charge is 0.391 e. The highest BCUT2D eigenvalue weighted by molar-refractivity contribution is 5.79. The number of hydrogen-bond donors (Lipinski definition) is 1. The Morgan fingerprint density at radius 3 is 2.75 bits per heavy atom. The van der Waals surface area contributed by atoms with Crippen LogP contribution in [0.25, 0.3) is 11.0 Å². The van der Waals surface area contributed by atoms with E-state index < -0.39 is 6.10 Å². The van der Waals surface area contributed by atoms with Gasteiger partial charge in [-0.3, -0.25) is 9.78 Å². The quantitative estimate of drug-likeness (QED) is 0.762. The maximum absolute atomic E-state index is 12.7. The summed E-state index contributed by atoms with van der Waals surface area (Å²) in [4.78, 5) is 23.3. The van der Waals surface area contributed by atoms with Crippen LogP contribution >= 0.6 is 0 Å². The molecule has 0 radical (unpaired) electrons. The zero-order valence-electron chi connectivity index (χ0n) is 15.7. The van der Waals surface area contributed by atoms with E-state index in [2.05, 4.69) is 20.6 Å². The lowest BCUT2D eigenvalue weighted by Gasteiger charge is -2.36. The summed E-state index contributed by atoms with van der Waals surface area (Å²) in [7, 11) is 0. The average molecular weight is 376 g/mol. The lowest BCUT2D eigenvalue weighted by atomic mass is 9.77. The first-order valence-corrected chi connectivity index (χ1v) is 9.95. The summed E-state index contributed by atoms with van der Waals surface area (Å²) in [6.07, 6.45) is 6.92. The molecule has 3 heterocycles. The molecule has 28 heavy (non-hydrogen) atoms. The second kappa shape index (κ2) is 7.02. The predicted molar refractivity (Wildman–Crippen MR) is 106 cm³/mol. The highest BCUT2D eigenvalue weighted by Crippen LogP contribution is 2.42. The summed E-state index contributed by atoms with van der Waals surface area (Å²) in [5, 5.41) is 10.8. The Kier molecular flexibility index (Phi) is 4.36. The van der Waals surface area contributed by atoms with Crippen molar-refractivity contribution in [3.63, 3.8) is 0 Å². The van der Waals surface area contributed by atoms with Gasteiger partial charge in [0.25, 0.3) is 0 Å². The number of aromatic nitrogens is 3. The molecule has 144 valence electrons. The van der Waals surface area contributed by atoms with Gasteiger partial charge in [-0.2, -0.15) is 0 Å². The van der Waals surface area contributed by atoms with E-state index in [1.54, 1.807) is 12.4 Å². The maximum Gasteiger partial charge on any atom is 0.227 e. The van der Waals surface area contributed by atoms with Gasteiger partial charge in [-0.25, -0.2) is 4.98 Å². The van der Waals surface area contributed by atoms with E-state index in [-0.39, 0.29) is 11.9 Å². The molecule has 6 nitrogen and oxygen atoms in total. The number of aliphatic hydroxyl groups excluding tert-OH is 1. The van der Waals surface area contributed by atoms with Crippen LogP contribution in [0.2, 0.25) is 0 Å². The van der Waals surface area contributed by atoms with E-state index in [1.807, 2.05) is 41.6 Å². The van der Waals surface area contributed by atoms with E-state index in [9.17, 15) is 9.90 Å². The fourth-order valence-electron chi connectivity index (χ4n) is 4.94. The third kappa shape index (κ3) is 3.07. The highest BCUT2D eigenvalue weighted by Gasteiger charge is 2.43. The summed E-state index contributed by atoms with van der Waals surface area (Å²) in [5.74, 6) is 0.952. The summed E-state index contributed by atoms with van der Waals surface area (Å²) >= 11 is 0. The second-order valence-electron chi connectivity index (χ2n) is 8.10. The van der Waals surface area contributed by atoms with Gasteiger partial charge in [0.05, 0.1) is 35.9 Å². The van der Waals surface area contributed by atoms with E-state index in [4.69, 9.17) is 0 Å². The third-order valence-electron chi connectivity index (χ3n) is 6.38. The molecule has 1 aliphatic heterocycles. The van der Waals surface area contributed by atoms with Gasteiger partial charge in [0, 0.05) is 25.5 Å². The Bertz CT molecular complexity index is 986. The number of aliphatic hydroxyl groups is 1. The molecule has 0 unspecified atom stereocenters. The number of carbonyl (C=O) groups excluding carboxylic acids is 1. The van der Waals surface area contributed by atoms with Gasteiger partial charge in [0.1, 0.15) is 0 Å². The Balaban J connectivity index is 1.31. The number of hydrogen-bond acceptors (Lipinski definition) is 4. The molecule has 2 fully saturated rings. The van der Waals surface area contributed by atoms with Gasteiger partial charge < -0.3 is 14.6 Å². The van der Waals surface area contributed by atoms with Crippen molar-refractivity contribution in [2.75, 3.05) is 13.1 Å². The SMILES string of the molecule is O=C(Cc1cccnc1)N1C[C@H]2C[C@@H](n3cnc4ccccc43)[C@H](O)C[C@H]2C1. The number of nitrogens with zero attached hydrogens (tertiary/aromatic N) is 4. The van der Waals surface area contributed by atoms with Crippen molar-refractivity contribution in [1.82, 2.24) is 19.4 Å². The number of likely N-dealkylation sites (tertiary alicyclic amines) is 1. The smallest absolute Gasteiger partial charge is 0.227 e. The van der Waals surface area contributed by atoms with Gasteiger partial charge in [-0.05, 0) is 48.4 Å². The molecule has 1 saturated heterocycles. The number of pyridine rings is 1. The second-order valence-corrected chi connectivity index (χ2v) is 8.10. The van der Waals surface area contributed by atoms with Gasteiger partial charge >= 0.3 is 0 Å². The summed E-state index contributed by atoms with van der Waals surface area (Å²) < 4.78 is 2.12. The van der Waals surface area contributed by atoms with E-state index >= 15 is 0 Å². The van der Waals surface area contributed by atoms with Crippen molar-refractivity contribution in [3.8, 4) is 0 Å². The first-order valence-electron chi connectivity index (χ1n) is 9.95. The predicted octanol–water partition coefficient (Wildman–Crippen LogP) is 2.44. The Morgan fingerprint density at radius 2 is 1.93 bits per heavy atom. The normalized spacial score (nSPS) is 27.1. The molecular weight excluding hydrogens is 352 g/mol. The van der Waals surface area contributed by atoms with E-state index in [0.29, 0.717) is 18.3 Å². The first-order chi connectivity index (χ1) is 13.7. The first kappa shape index (κ1) is 17.4. The number of imidazole rings is 1. The Labute approximate surface area is 163 Å². The molecule has 1 amide bonds. The molecule has 1 saturated carbocycles. The number of fused-ring (bicyclic) bond motifs is 2. The number of benzene rings is 1. The van der Waals surface area contributed by atoms with Crippen LogP contribution < -0.4 is 0 Å². The third-order valence-corrected chi connectivity index (χ3v) is 6.38. The minimum atomic E-state index is -0.410. The Hall–Kier alpha value is -2.73. The van der Waals surface area contributed by atoms with Crippen LogP contribution in [0.4, 0.5) is 0 Å². The Morgan fingerprint density at radius 1 is 1.11 bits per heavy atom. The minimum absolute atomic E-state index is 0.0158. The molecule has 2 aromatic heterocycles. The monoisotopic (exact) mass is 376 g/mol. The van der Waals surface area contributed by atoms with Crippen LogP contribution in [-0.4, -0.2) is 49.6 Å². The molecule has 1 N–H and O–H groups in total. The average Bonchev–Trinajstić information content (AvgIpc) is 3.32. The van der Waals surface area contributed by atoms with Crippen molar-refractivity contribution in [3.05, 3.63) is 60.7 Å². The fourth-order valence-corrected chi connectivity index (χ4v) is 4.94. The van der Waals surface area contributed by atoms with Crippen LogP contribution in [0.3, 0.4) is 0 Å². The van der Waals surface area contributed by atoms with Crippen molar-refractivity contribution in [2.24, 2.45) is 11.8 Å². The number of rotatable bonds is 3. The van der Waals surface area contributed by atoms with E-state index in [1.165, 1.54) is 0 Å². The van der Waals surface area contributed by atoms with Gasteiger partial charge in [-0.1, -0.05) is 18.2 Å². The fraction of sp³-hybridized carbons (Fsp3) is 0.409. The van der Waals surface area contributed by atoms with E-state index in [0.717, 1.165) is 42.5 Å². The van der Waals surface area contributed by atoms with Crippen molar-refractivity contribution >= 4 is 16.9 Å².